The molecule has 0 aliphatic carbocycles. The molecule has 0 saturated heterocycles. The Bertz CT molecular complexity index is 1430. The van der Waals surface area contributed by atoms with E-state index in [1.165, 1.54) is 18.3 Å². The molecule has 1 unspecified atom stereocenters. The van der Waals surface area contributed by atoms with Gasteiger partial charge in [0.25, 0.3) is 5.91 Å². The summed E-state index contributed by atoms with van der Waals surface area (Å²) in [4.78, 5) is 28.4. The van der Waals surface area contributed by atoms with E-state index in [-0.39, 0.29) is 17.9 Å². The summed E-state index contributed by atoms with van der Waals surface area (Å²) >= 11 is 0. The lowest BCUT2D eigenvalue weighted by molar-refractivity contribution is -0.130. The number of amides is 1. The van der Waals surface area contributed by atoms with Gasteiger partial charge in [0.05, 0.1) is 38.1 Å². The molecule has 0 fully saturated rings. The number of Topliss-reactive ketones (excluding diaryl/α,β-unsaturated/α-hetero) is 1. The molecule has 5 rings (SSSR count). The average Bonchev–Trinajstić information content (AvgIpc) is 3.64. The minimum Gasteiger partial charge on any atom is -0.503 e. The van der Waals surface area contributed by atoms with E-state index in [9.17, 15) is 14.7 Å². The zero-order chi connectivity index (χ0) is 25.9. The Balaban J connectivity index is 1.57. The number of furan rings is 2. The van der Waals surface area contributed by atoms with Gasteiger partial charge in [0, 0.05) is 5.39 Å². The Morgan fingerprint density at radius 3 is 2.65 bits per heavy atom. The summed E-state index contributed by atoms with van der Waals surface area (Å²) in [5, 5.41) is 11.7. The molecule has 1 N–H and O–H groups in total. The lowest BCUT2D eigenvalue weighted by Crippen LogP contribution is -2.30. The highest BCUT2D eigenvalue weighted by Gasteiger charge is 2.45. The monoisotopic (exact) mass is 501 g/mol. The molecular weight excluding hydrogens is 474 g/mol. The summed E-state index contributed by atoms with van der Waals surface area (Å²) < 4.78 is 22.7. The van der Waals surface area contributed by atoms with Crippen LogP contribution in [-0.4, -0.2) is 35.4 Å². The number of ether oxygens (including phenoxy) is 2. The predicted molar refractivity (Wildman–Crippen MR) is 136 cm³/mol. The number of benzene rings is 2. The first-order valence-electron chi connectivity index (χ1n) is 12.1. The van der Waals surface area contributed by atoms with Crippen LogP contribution in [0.5, 0.6) is 11.5 Å². The number of unbranched alkanes of at least 4 members (excludes halogenated alkanes) is 1. The van der Waals surface area contributed by atoms with Crippen molar-refractivity contribution in [2.24, 2.45) is 0 Å². The number of fused-ring (bicyclic) bond motifs is 1. The number of carbonyl (C=O) groups excluding carboxylic acids is 2. The van der Waals surface area contributed by atoms with Gasteiger partial charge >= 0.3 is 0 Å². The van der Waals surface area contributed by atoms with Gasteiger partial charge in [-0.1, -0.05) is 37.6 Å². The smallest absolute Gasteiger partial charge is 0.290 e. The van der Waals surface area contributed by atoms with Crippen LogP contribution in [0.3, 0.4) is 0 Å². The van der Waals surface area contributed by atoms with Crippen molar-refractivity contribution in [3.8, 4) is 11.5 Å². The van der Waals surface area contributed by atoms with E-state index in [0.29, 0.717) is 35.0 Å². The fourth-order valence-corrected chi connectivity index (χ4v) is 4.49. The molecule has 1 aliphatic heterocycles. The molecule has 8 nitrogen and oxygen atoms in total. The second kappa shape index (κ2) is 10.3. The number of aliphatic hydroxyl groups excluding tert-OH is 1. The quantitative estimate of drug-likeness (QED) is 0.210. The van der Waals surface area contributed by atoms with Crippen molar-refractivity contribution in [1.29, 1.82) is 0 Å². The van der Waals surface area contributed by atoms with Gasteiger partial charge in [-0.3, -0.25) is 9.59 Å². The van der Waals surface area contributed by atoms with E-state index < -0.39 is 23.5 Å². The Morgan fingerprint density at radius 1 is 1.08 bits per heavy atom. The predicted octanol–water partition coefficient (Wildman–Crippen LogP) is 5.99. The van der Waals surface area contributed by atoms with E-state index in [0.717, 1.165) is 18.2 Å². The molecule has 2 aromatic heterocycles. The van der Waals surface area contributed by atoms with Gasteiger partial charge in [0.2, 0.25) is 5.78 Å². The Morgan fingerprint density at radius 2 is 1.92 bits per heavy atom. The average molecular weight is 502 g/mol. The second-order valence-corrected chi connectivity index (χ2v) is 8.77. The van der Waals surface area contributed by atoms with Crippen LogP contribution in [-0.2, 0) is 11.3 Å². The minimum absolute atomic E-state index is 0.0342. The molecule has 37 heavy (non-hydrogen) atoms. The molecule has 8 heteroatoms. The number of para-hydroxylation sites is 1. The maximum absolute atomic E-state index is 13.7. The number of aliphatic hydroxyl groups is 1. The standard InChI is InChI=1S/C29H27NO7/c1-3-4-13-36-22-12-11-19(16-23(22)34-2)26-25(27(31)24-15-18-8-5-6-10-21(18)37-24)28(32)29(33)30(26)17-20-9-7-14-35-20/h5-12,14-16,26,32H,3-4,13,17H2,1-2H3. The first kappa shape index (κ1) is 24.2. The number of rotatable bonds is 10. The molecule has 2 aromatic carbocycles. The van der Waals surface area contributed by atoms with Crippen molar-refractivity contribution in [2.45, 2.75) is 32.4 Å². The van der Waals surface area contributed by atoms with Crippen LogP contribution in [0.15, 0.2) is 87.1 Å². The summed E-state index contributed by atoms with van der Waals surface area (Å²) in [7, 11) is 1.53. The van der Waals surface area contributed by atoms with Gasteiger partial charge in [0.1, 0.15) is 11.3 Å². The zero-order valence-corrected chi connectivity index (χ0v) is 20.6. The molecule has 3 heterocycles. The second-order valence-electron chi connectivity index (χ2n) is 8.77. The van der Waals surface area contributed by atoms with Crippen LogP contribution in [0.4, 0.5) is 0 Å². The largest absolute Gasteiger partial charge is 0.503 e. The number of hydrogen-bond acceptors (Lipinski definition) is 7. The summed E-state index contributed by atoms with van der Waals surface area (Å²) in [5.74, 6) is -0.313. The van der Waals surface area contributed by atoms with Crippen molar-refractivity contribution in [3.05, 3.63) is 95.3 Å². The third-order valence-electron chi connectivity index (χ3n) is 6.36. The molecule has 0 bridgehead atoms. The zero-order valence-electron chi connectivity index (χ0n) is 20.6. The van der Waals surface area contributed by atoms with Crippen molar-refractivity contribution >= 4 is 22.7 Å². The van der Waals surface area contributed by atoms with Crippen LogP contribution < -0.4 is 9.47 Å². The van der Waals surface area contributed by atoms with Crippen LogP contribution >= 0.6 is 0 Å². The third kappa shape index (κ3) is 4.58. The lowest BCUT2D eigenvalue weighted by Gasteiger charge is -2.26. The molecule has 190 valence electrons. The van der Waals surface area contributed by atoms with Gasteiger partial charge in [-0.2, -0.15) is 0 Å². The SMILES string of the molecule is CCCCOc1ccc(C2C(C(=O)c3cc4ccccc4o3)=C(O)C(=O)N2Cc2ccco2)cc1OC. The van der Waals surface area contributed by atoms with Gasteiger partial charge in [-0.15, -0.1) is 0 Å². The summed E-state index contributed by atoms with van der Waals surface area (Å²) in [6.45, 7) is 2.66. The summed E-state index contributed by atoms with van der Waals surface area (Å²) in [6, 6.07) is 16.6. The van der Waals surface area contributed by atoms with E-state index in [2.05, 4.69) is 6.92 Å². The fourth-order valence-electron chi connectivity index (χ4n) is 4.49. The van der Waals surface area contributed by atoms with E-state index in [1.54, 1.807) is 48.5 Å². The maximum Gasteiger partial charge on any atom is 0.290 e. The summed E-state index contributed by atoms with van der Waals surface area (Å²) in [6.07, 6.45) is 3.39. The molecule has 0 saturated carbocycles. The van der Waals surface area contributed by atoms with Gasteiger partial charge in [-0.25, -0.2) is 0 Å². The minimum atomic E-state index is -0.906. The molecule has 0 radical (unpaired) electrons. The third-order valence-corrected chi connectivity index (χ3v) is 6.36. The highest BCUT2D eigenvalue weighted by molar-refractivity contribution is 6.16. The molecule has 1 aliphatic rings. The van der Waals surface area contributed by atoms with E-state index >= 15 is 0 Å². The number of hydrogen-bond donors (Lipinski definition) is 1. The molecule has 0 spiro atoms. The number of carbonyl (C=O) groups is 2. The molecular formula is C29H27NO7. The first-order valence-corrected chi connectivity index (χ1v) is 12.1. The topological polar surface area (TPSA) is 102 Å². The highest BCUT2D eigenvalue weighted by Crippen LogP contribution is 2.43. The van der Waals surface area contributed by atoms with Crippen LogP contribution in [0.1, 0.15) is 47.7 Å². The highest BCUT2D eigenvalue weighted by atomic mass is 16.5. The maximum atomic E-state index is 13.7. The first-order chi connectivity index (χ1) is 18.0. The van der Waals surface area contributed by atoms with Gasteiger partial charge in [-0.05, 0) is 48.4 Å². The molecule has 4 aromatic rings. The molecule has 1 amide bonds. The number of methoxy groups -OCH3 is 1. The van der Waals surface area contributed by atoms with Crippen LogP contribution in [0.2, 0.25) is 0 Å². The van der Waals surface area contributed by atoms with Crippen molar-refractivity contribution in [3.63, 3.8) is 0 Å². The van der Waals surface area contributed by atoms with Crippen LogP contribution in [0.25, 0.3) is 11.0 Å². The number of nitrogens with zero attached hydrogens (tertiary/aromatic N) is 1. The van der Waals surface area contributed by atoms with Gasteiger partial charge < -0.3 is 28.3 Å². The normalized spacial score (nSPS) is 15.6. The Kier molecular flexibility index (Phi) is 6.72. The molecule has 1 atom stereocenters. The summed E-state index contributed by atoms with van der Waals surface area (Å²) in [5.41, 5.74) is 1.04. The lowest BCUT2D eigenvalue weighted by atomic mass is 9.94. The Hall–Kier alpha value is -4.46. The van der Waals surface area contributed by atoms with Crippen molar-refractivity contribution in [2.75, 3.05) is 13.7 Å². The fraction of sp³-hybridized carbons (Fsp3) is 0.241. The van der Waals surface area contributed by atoms with Crippen LogP contribution in [0, 0.1) is 0 Å². The van der Waals surface area contributed by atoms with Crippen molar-refractivity contribution < 1.29 is 33.0 Å². The van der Waals surface area contributed by atoms with Gasteiger partial charge in [0.15, 0.2) is 23.0 Å². The van der Waals surface area contributed by atoms with E-state index in [1.807, 2.05) is 12.1 Å². The Labute approximate surface area is 213 Å². The van der Waals surface area contributed by atoms with E-state index in [4.69, 9.17) is 18.3 Å². The number of ketones is 1. The van der Waals surface area contributed by atoms with Crippen molar-refractivity contribution in [1.82, 2.24) is 4.90 Å².